The van der Waals surface area contributed by atoms with Gasteiger partial charge in [0.2, 0.25) is 0 Å². The Morgan fingerprint density at radius 3 is 2.64 bits per heavy atom. The highest BCUT2D eigenvalue weighted by atomic mass is 32.1. The number of likely N-dealkylation sites (tertiary alicyclic amines) is 1. The van der Waals surface area contributed by atoms with Crippen LogP contribution in [0.2, 0.25) is 0 Å². The van der Waals surface area contributed by atoms with Crippen molar-refractivity contribution in [2.24, 2.45) is 7.05 Å². The van der Waals surface area contributed by atoms with Crippen LogP contribution >= 0.6 is 11.3 Å². The van der Waals surface area contributed by atoms with E-state index in [1.165, 1.54) is 18.4 Å². The van der Waals surface area contributed by atoms with Crippen LogP contribution in [-0.4, -0.2) is 38.7 Å². The van der Waals surface area contributed by atoms with Gasteiger partial charge in [-0.1, -0.05) is 0 Å². The Kier molecular flexibility index (Phi) is 3.48. The number of nitrogens with zero attached hydrogens (tertiary/aromatic N) is 4. The summed E-state index contributed by atoms with van der Waals surface area (Å²) in [6, 6.07) is 2.14. The SMILES string of the molecule is Cn1cnnc1C1CCN(C(=O)c2sccc2C2CC2)CC1. The largest absolute Gasteiger partial charge is 0.338 e. The predicted octanol–water partition coefficient (Wildman–Crippen LogP) is 2.77. The molecule has 0 atom stereocenters. The van der Waals surface area contributed by atoms with E-state index in [4.69, 9.17) is 0 Å². The van der Waals surface area contributed by atoms with Gasteiger partial charge in [-0.05, 0) is 48.6 Å². The van der Waals surface area contributed by atoms with Gasteiger partial charge in [0.15, 0.2) is 0 Å². The molecule has 0 unspecified atom stereocenters. The van der Waals surface area contributed by atoms with Crippen LogP contribution in [0.1, 0.15) is 58.6 Å². The molecule has 5 nitrogen and oxygen atoms in total. The lowest BCUT2D eigenvalue weighted by molar-refractivity contribution is 0.0714. The molecule has 0 aromatic carbocycles. The maximum absolute atomic E-state index is 12.8. The molecule has 2 aromatic rings. The molecule has 1 aliphatic carbocycles. The van der Waals surface area contributed by atoms with Crippen molar-refractivity contribution in [2.75, 3.05) is 13.1 Å². The Morgan fingerprint density at radius 1 is 1.23 bits per heavy atom. The molecule has 1 aliphatic heterocycles. The Morgan fingerprint density at radius 2 is 2.00 bits per heavy atom. The summed E-state index contributed by atoms with van der Waals surface area (Å²) < 4.78 is 1.99. The molecule has 6 heteroatoms. The van der Waals surface area contributed by atoms with Crippen molar-refractivity contribution in [2.45, 2.75) is 37.5 Å². The Bertz CT molecular complexity index is 680. The first-order valence-corrected chi connectivity index (χ1v) is 8.82. The van der Waals surface area contributed by atoms with Crippen LogP contribution in [0.25, 0.3) is 0 Å². The molecule has 3 heterocycles. The second kappa shape index (κ2) is 5.50. The topological polar surface area (TPSA) is 51.0 Å². The van der Waals surface area contributed by atoms with Gasteiger partial charge in [0.1, 0.15) is 12.2 Å². The standard InChI is InChI=1S/C16H20N4OS/c1-19-10-17-18-15(19)12-4-7-20(8-5-12)16(21)14-13(6-9-22-14)11-2-3-11/h6,9-12H,2-5,7-8H2,1H3. The van der Waals surface area contributed by atoms with Crippen LogP contribution in [0, 0.1) is 0 Å². The fourth-order valence-corrected chi connectivity index (χ4v) is 4.31. The van der Waals surface area contributed by atoms with Gasteiger partial charge in [-0.15, -0.1) is 21.5 Å². The second-order valence-electron chi connectivity index (χ2n) is 6.35. The van der Waals surface area contributed by atoms with Crippen LogP contribution in [0.4, 0.5) is 0 Å². The fraction of sp³-hybridized carbons (Fsp3) is 0.562. The minimum absolute atomic E-state index is 0.230. The van der Waals surface area contributed by atoms with Crippen molar-refractivity contribution in [1.82, 2.24) is 19.7 Å². The third-order valence-electron chi connectivity index (χ3n) is 4.80. The molecule has 116 valence electrons. The van der Waals surface area contributed by atoms with Crippen molar-refractivity contribution < 1.29 is 4.79 Å². The van der Waals surface area contributed by atoms with Crippen molar-refractivity contribution in [3.8, 4) is 0 Å². The average molecular weight is 316 g/mol. The van der Waals surface area contributed by atoms with Gasteiger partial charge < -0.3 is 9.47 Å². The summed E-state index contributed by atoms with van der Waals surface area (Å²) in [4.78, 5) is 15.8. The highest BCUT2D eigenvalue weighted by molar-refractivity contribution is 7.12. The zero-order valence-electron chi connectivity index (χ0n) is 12.7. The number of carbonyl (C=O) groups excluding carboxylic acids is 1. The first kappa shape index (κ1) is 13.9. The highest BCUT2D eigenvalue weighted by Gasteiger charge is 2.32. The normalized spacial score (nSPS) is 19.6. The molecule has 0 radical (unpaired) electrons. The summed E-state index contributed by atoms with van der Waals surface area (Å²) in [6.45, 7) is 1.64. The van der Waals surface area contributed by atoms with Crippen LogP contribution < -0.4 is 0 Å². The number of thiophene rings is 1. The number of aryl methyl sites for hydroxylation is 1. The van der Waals surface area contributed by atoms with E-state index in [0.29, 0.717) is 11.8 Å². The molecular formula is C16H20N4OS. The zero-order valence-corrected chi connectivity index (χ0v) is 13.6. The number of rotatable bonds is 3. The third kappa shape index (κ3) is 2.45. The van der Waals surface area contributed by atoms with E-state index in [1.54, 1.807) is 17.7 Å². The molecule has 1 saturated carbocycles. The number of hydrogen-bond acceptors (Lipinski definition) is 4. The maximum Gasteiger partial charge on any atom is 0.264 e. The summed E-state index contributed by atoms with van der Waals surface area (Å²) in [5.41, 5.74) is 1.28. The van der Waals surface area contributed by atoms with Gasteiger partial charge in [0.05, 0.1) is 4.88 Å². The number of aromatic nitrogens is 3. The van der Waals surface area contributed by atoms with E-state index in [0.717, 1.165) is 36.6 Å². The summed E-state index contributed by atoms with van der Waals surface area (Å²) >= 11 is 1.60. The van der Waals surface area contributed by atoms with Crippen molar-refractivity contribution in [1.29, 1.82) is 0 Å². The smallest absolute Gasteiger partial charge is 0.264 e. The number of carbonyl (C=O) groups is 1. The lowest BCUT2D eigenvalue weighted by Gasteiger charge is -2.31. The maximum atomic E-state index is 12.8. The quantitative estimate of drug-likeness (QED) is 0.875. The van der Waals surface area contributed by atoms with E-state index in [-0.39, 0.29) is 5.91 Å². The zero-order chi connectivity index (χ0) is 15.1. The van der Waals surface area contributed by atoms with Gasteiger partial charge in [0, 0.05) is 26.1 Å². The average Bonchev–Trinajstić information content (AvgIpc) is 3.11. The summed E-state index contributed by atoms with van der Waals surface area (Å²) in [5, 5.41) is 10.2. The third-order valence-corrected chi connectivity index (χ3v) is 5.72. The second-order valence-corrected chi connectivity index (χ2v) is 7.26. The Labute approximate surface area is 134 Å². The lowest BCUT2D eigenvalue weighted by Crippen LogP contribution is -2.38. The van der Waals surface area contributed by atoms with E-state index in [1.807, 2.05) is 16.5 Å². The number of piperidine rings is 1. The first-order chi connectivity index (χ1) is 10.7. The molecule has 0 bridgehead atoms. The predicted molar refractivity (Wildman–Crippen MR) is 85.2 cm³/mol. The molecule has 22 heavy (non-hydrogen) atoms. The van der Waals surface area contributed by atoms with Crippen LogP contribution in [-0.2, 0) is 7.05 Å². The van der Waals surface area contributed by atoms with E-state index >= 15 is 0 Å². The number of hydrogen-bond donors (Lipinski definition) is 0. The summed E-state index contributed by atoms with van der Waals surface area (Å²) in [5.74, 6) is 2.33. The van der Waals surface area contributed by atoms with E-state index in [2.05, 4.69) is 21.6 Å². The molecule has 0 N–H and O–H groups in total. The van der Waals surface area contributed by atoms with Crippen molar-refractivity contribution in [3.63, 3.8) is 0 Å². The van der Waals surface area contributed by atoms with Crippen LogP contribution in [0.3, 0.4) is 0 Å². The highest BCUT2D eigenvalue weighted by Crippen LogP contribution is 2.43. The fourth-order valence-electron chi connectivity index (χ4n) is 3.35. The van der Waals surface area contributed by atoms with Gasteiger partial charge in [-0.25, -0.2) is 0 Å². The van der Waals surface area contributed by atoms with Crippen LogP contribution in [0.5, 0.6) is 0 Å². The molecule has 4 rings (SSSR count). The van der Waals surface area contributed by atoms with Crippen LogP contribution in [0.15, 0.2) is 17.8 Å². The van der Waals surface area contributed by atoms with Crippen molar-refractivity contribution in [3.05, 3.63) is 34.0 Å². The minimum atomic E-state index is 0.230. The summed E-state index contributed by atoms with van der Waals surface area (Å²) in [7, 11) is 1.99. The van der Waals surface area contributed by atoms with Gasteiger partial charge >= 0.3 is 0 Å². The van der Waals surface area contributed by atoms with Gasteiger partial charge in [0.25, 0.3) is 5.91 Å². The van der Waals surface area contributed by atoms with E-state index in [9.17, 15) is 4.79 Å². The Hall–Kier alpha value is -1.69. The Balaban J connectivity index is 1.44. The van der Waals surface area contributed by atoms with E-state index < -0.39 is 0 Å². The minimum Gasteiger partial charge on any atom is -0.338 e. The molecule has 2 aromatic heterocycles. The molecule has 2 aliphatic rings. The van der Waals surface area contributed by atoms with Crippen molar-refractivity contribution >= 4 is 17.2 Å². The first-order valence-electron chi connectivity index (χ1n) is 7.94. The lowest BCUT2D eigenvalue weighted by atomic mass is 9.95. The molecular weight excluding hydrogens is 296 g/mol. The molecule has 1 saturated heterocycles. The van der Waals surface area contributed by atoms with Gasteiger partial charge in [-0.2, -0.15) is 0 Å². The summed E-state index contributed by atoms with van der Waals surface area (Å²) in [6.07, 6.45) is 6.18. The molecule has 1 amide bonds. The molecule has 2 fully saturated rings. The molecule has 0 spiro atoms. The van der Waals surface area contributed by atoms with Gasteiger partial charge in [-0.3, -0.25) is 4.79 Å². The monoisotopic (exact) mass is 316 g/mol. The number of amides is 1.